The summed E-state index contributed by atoms with van der Waals surface area (Å²) in [5.74, 6) is -0.0997. The van der Waals surface area contributed by atoms with Gasteiger partial charge in [-0.25, -0.2) is 4.98 Å². The number of hydrogen-bond donors (Lipinski definition) is 0. The van der Waals surface area contributed by atoms with Crippen molar-refractivity contribution >= 4 is 35.1 Å². The summed E-state index contributed by atoms with van der Waals surface area (Å²) in [7, 11) is 0. The van der Waals surface area contributed by atoms with Crippen LogP contribution >= 0.6 is 23.4 Å². The van der Waals surface area contributed by atoms with Gasteiger partial charge in [-0.2, -0.15) is 0 Å². The number of carbonyl (C=O) groups is 2. The van der Waals surface area contributed by atoms with Gasteiger partial charge in [0.05, 0.1) is 23.8 Å². The molecule has 0 aromatic carbocycles. The first kappa shape index (κ1) is 15.0. The number of halogens is 1. The number of esters is 1. The first-order valence-corrected chi connectivity index (χ1v) is 6.90. The van der Waals surface area contributed by atoms with Crippen molar-refractivity contribution in [2.24, 2.45) is 0 Å². The van der Waals surface area contributed by atoms with Gasteiger partial charge in [-0.15, -0.1) is 0 Å². The van der Waals surface area contributed by atoms with Crippen molar-refractivity contribution in [3.8, 4) is 0 Å². The van der Waals surface area contributed by atoms with E-state index in [2.05, 4.69) is 4.98 Å². The molecule has 18 heavy (non-hydrogen) atoms. The summed E-state index contributed by atoms with van der Waals surface area (Å²) in [6.45, 7) is 2.07. The molecule has 0 N–H and O–H groups in total. The molecule has 98 valence electrons. The van der Waals surface area contributed by atoms with Crippen LogP contribution in [0.25, 0.3) is 0 Å². The molecule has 0 saturated heterocycles. The Morgan fingerprint density at radius 1 is 1.44 bits per heavy atom. The van der Waals surface area contributed by atoms with Gasteiger partial charge in [0, 0.05) is 12.6 Å². The number of ether oxygens (including phenoxy) is 1. The van der Waals surface area contributed by atoms with Gasteiger partial charge >= 0.3 is 5.97 Å². The highest BCUT2D eigenvalue weighted by Gasteiger charge is 2.09. The van der Waals surface area contributed by atoms with Gasteiger partial charge in [0.25, 0.3) is 0 Å². The number of Topliss-reactive ketones (excluding diaryl/α,β-unsaturated/α-hetero) is 1. The Labute approximate surface area is 115 Å². The number of ketones is 1. The highest BCUT2D eigenvalue weighted by Crippen LogP contribution is 2.24. The molecular formula is C12H14ClNO3S. The van der Waals surface area contributed by atoms with Crippen molar-refractivity contribution in [2.75, 3.05) is 12.4 Å². The third-order valence-electron chi connectivity index (χ3n) is 2.01. The summed E-state index contributed by atoms with van der Waals surface area (Å²) >= 11 is 7.18. The standard InChI is InChI=1S/C12H14ClNO3S/c1-2-17-11(16)6-5-9(15)8-18-12-10(13)4-3-7-14-12/h3-4,7H,2,5-6,8H2,1H3. The Bertz CT molecular complexity index is 426. The Morgan fingerprint density at radius 2 is 2.22 bits per heavy atom. The number of rotatable bonds is 7. The average molecular weight is 288 g/mol. The van der Waals surface area contributed by atoms with Gasteiger partial charge in [-0.1, -0.05) is 23.4 Å². The molecule has 6 heteroatoms. The smallest absolute Gasteiger partial charge is 0.306 e. The van der Waals surface area contributed by atoms with E-state index in [9.17, 15) is 9.59 Å². The lowest BCUT2D eigenvalue weighted by Crippen LogP contribution is -2.09. The molecule has 0 bridgehead atoms. The topological polar surface area (TPSA) is 56.3 Å². The van der Waals surface area contributed by atoms with Crippen LogP contribution in [0.2, 0.25) is 5.02 Å². The normalized spacial score (nSPS) is 10.1. The van der Waals surface area contributed by atoms with Crippen LogP contribution in [0.3, 0.4) is 0 Å². The first-order valence-electron chi connectivity index (χ1n) is 5.54. The lowest BCUT2D eigenvalue weighted by molar-refractivity contribution is -0.144. The summed E-state index contributed by atoms with van der Waals surface area (Å²) in [5.41, 5.74) is 0. The number of carbonyl (C=O) groups excluding carboxylic acids is 2. The molecular weight excluding hydrogens is 274 g/mol. The molecule has 0 fully saturated rings. The van der Waals surface area contributed by atoms with Crippen LogP contribution in [0.4, 0.5) is 0 Å². The van der Waals surface area contributed by atoms with Crippen LogP contribution in [-0.4, -0.2) is 29.1 Å². The largest absolute Gasteiger partial charge is 0.466 e. The maximum Gasteiger partial charge on any atom is 0.306 e. The molecule has 0 aliphatic carbocycles. The van der Waals surface area contributed by atoms with Gasteiger partial charge < -0.3 is 4.74 Å². The number of aromatic nitrogens is 1. The predicted molar refractivity (Wildman–Crippen MR) is 70.8 cm³/mol. The van der Waals surface area contributed by atoms with Crippen molar-refractivity contribution in [3.05, 3.63) is 23.4 Å². The Hall–Kier alpha value is -1.07. The molecule has 0 radical (unpaired) electrons. The van der Waals surface area contributed by atoms with Crippen molar-refractivity contribution < 1.29 is 14.3 Å². The molecule has 1 heterocycles. The third kappa shape index (κ3) is 5.51. The minimum absolute atomic E-state index is 0.0187. The minimum atomic E-state index is -0.341. The Morgan fingerprint density at radius 3 is 2.89 bits per heavy atom. The molecule has 0 amide bonds. The molecule has 1 aromatic rings. The molecule has 0 saturated carbocycles. The third-order valence-corrected chi connectivity index (χ3v) is 3.49. The average Bonchev–Trinajstić information content (AvgIpc) is 2.36. The highest BCUT2D eigenvalue weighted by molar-refractivity contribution is 8.00. The van der Waals surface area contributed by atoms with Crippen LogP contribution in [0.1, 0.15) is 19.8 Å². The summed E-state index contributed by atoms with van der Waals surface area (Å²) in [4.78, 5) is 26.7. The Balaban J connectivity index is 2.29. The van der Waals surface area contributed by atoms with E-state index in [1.807, 2.05) is 0 Å². The fraction of sp³-hybridized carbons (Fsp3) is 0.417. The van der Waals surface area contributed by atoms with E-state index in [0.29, 0.717) is 16.7 Å². The maximum atomic E-state index is 11.5. The second-order valence-electron chi connectivity index (χ2n) is 3.42. The van der Waals surface area contributed by atoms with E-state index in [1.54, 1.807) is 25.3 Å². The van der Waals surface area contributed by atoms with E-state index >= 15 is 0 Å². The quantitative estimate of drug-likeness (QED) is 0.570. The number of thioether (sulfide) groups is 1. The highest BCUT2D eigenvalue weighted by atomic mass is 35.5. The SMILES string of the molecule is CCOC(=O)CCC(=O)CSc1ncccc1Cl. The first-order chi connectivity index (χ1) is 8.63. The molecule has 0 atom stereocenters. The monoisotopic (exact) mass is 287 g/mol. The van der Waals surface area contributed by atoms with E-state index < -0.39 is 0 Å². The fourth-order valence-electron chi connectivity index (χ4n) is 1.17. The zero-order valence-electron chi connectivity index (χ0n) is 10.0. The van der Waals surface area contributed by atoms with Crippen LogP contribution in [0, 0.1) is 0 Å². The van der Waals surface area contributed by atoms with Gasteiger partial charge in [0.1, 0.15) is 10.8 Å². The van der Waals surface area contributed by atoms with Crippen LogP contribution < -0.4 is 0 Å². The zero-order chi connectivity index (χ0) is 13.4. The minimum Gasteiger partial charge on any atom is -0.466 e. The summed E-state index contributed by atoms with van der Waals surface area (Å²) in [6, 6.07) is 3.45. The van der Waals surface area contributed by atoms with Crippen LogP contribution in [0.5, 0.6) is 0 Å². The number of pyridine rings is 1. The molecule has 0 unspecified atom stereocenters. The second-order valence-corrected chi connectivity index (χ2v) is 4.79. The van der Waals surface area contributed by atoms with Crippen LogP contribution in [-0.2, 0) is 14.3 Å². The van der Waals surface area contributed by atoms with Gasteiger partial charge in [0.2, 0.25) is 0 Å². The fourth-order valence-corrected chi connectivity index (χ4v) is 2.24. The van der Waals surface area contributed by atoms with Crippen molar-refractivity contribution in [1.29, 1.82) is 0 Å². The second kappa shape index (κ2) is 8.11. The molecule has 1 aromatic heterocycles. The van der Waals surface area contributed by atoms with E-state index in [4.69, 9.17) is 16.3 Å². The van der Waals surface area contributed by atoms with Crippen molar-refractivity contribution in [3.63, 3.8) is 0 Å². The summed E-state index contributed by atoms with van der Waals surface area (Å²) in [5, 5.41) is 1.16. The number of nitrogens with zero attached hydrogens (tertiary/aromatic N) is 1. The lowest BCUT2D eigenvalue weighted by atomic mass is 10.2. The van der Waals surface area contributed by atoms with E-state index in [1.165, 1.54) is 11.8 Å². The van der Waals surface area contributed by atoms with Crippen LogP contribution in [0.15, 0.2) is 23.4 Å². The molecule has 4 nitrogen and oxygen atoms in total. The molecule has 1 rings (SSSR count). The van der Waals surface area contributed by atoms with E-state index in [0.717, 1.165) is 0 Å². The predicted octanol–water partition coefficient (Wildman–Crippen LogP) is 2.74. The molecule has 0 aliphatic heterocycles. The van der Waals surface area contributed by atoms with Crippen molar-refractivity contribution in [1.82, 2.24) is 4.98 Å². The van der Waals surface area contributed by atoms with E-state index in [-0.39, 0.29) is 30.3 Å². The maximum absolute atomic E-state index is 11.5. The van der Waals surface area contributed by atoms with Gasteiger partial charge in [0.15, 0.2) is 0 Å². The summed E-state index contributed by atoms with van der Waals surface area (Å²) < 4.78 is 4.74. The van der Waals surface area contributed by atoms with Gasteiger partial charge in [-0.05, 0) is 19.1 Å². The number of hydrogen-bond acceptors (Lipinski definition) is 5. The molecule has 0 aliphatic rings. The lowest BCUT2D eigenvalue weighted by Gasteiger charge is -2.03. The van der Waals surface area contributed by atoms with Gasteiger partial charge in [-0.3, -0.25) is 9.59 Å². The zero-order valence-corrected chi connectivity index (χ0v) is 11.6. The Kier molecular flexibility index (Phi) is 6.75. The summed E-state index contributed by atoms with van der Waals surface area (Å²) in [6.07, 6.45) is 1.94. The molecule has 0 spiro atoms. The van der Waals surface area contributed by atoms with Crippen molar-refractivity contribution in [2.45, 2.75) is 24.8 Å².